The van der Waals surface area contributed by atoms with Crippen LogP contribution in [0.2, 0.25) is 5.02 Å². The smallest absolute Gasteiger partial charge is 0.293 e. The van der Waals surface area contributed by atoms with Crippen LogP contribution in [0, 0.1) is 11.8 Å². The molecule has 2 aromatic carbocycles. The summed E-state index contributed by atoms with van der Waals surface area (Å²) in [6, 6.07) is 14.3. The summed E-state index contributed by atoms with van der Waals surface area (Å²) < 4.78 is 0. The minimum absolute atomic E-state index is 0.175. The SMILES string of the molecule is O=C1C(=O)N(CC#Cc2ccccc2)c2ccc(Cl)cc21. The number of halogens is 1. The van der Waals surface area contributed by atoms with Crippen molar-refractivity contribution in [3.8, 4) is 11.8 Å². The van der Waals surface area contributed by atoms with E-state index >= 15 is 0 Å². The molecule has 0 N–H and O–H groups in total. The molecule has 1 heterocycles. The molecule has 0 atom stereocenters. The number of hydrogen-bond donors (Lipinski definition) is 0. The standard InChI is InChI=1S/C17H10ClNO2/c18-13-8-9-15-14(11-13)16(20)17(21)19(15)10-4-7-12-5-2-1-3-6-12/h1-3,5-6,8-9,11H,10H2. The minimum Gasteiger partial charge on any atom is -0.293 e. The lowest BCUT2D eigenvalue weighted by Gasteiger charge is -2.12. The lowest BCUT2D eigenvalue weighted by Crippen LogP contribution is -2.29. The van der Waals surface area contributed by atoms with Gasteiger partial charge >= 0.3 is 0 Å². The second kappa shape index (κ2) is 5.43. The predicted octanol–water partition coefficient (Wildman–Crippen LogP) is 2.92. The van der Waals surface area contributed by atoms with Crippen LogP contribution in [-0.4, -0.2) is 18.2 Å². The highest BCUT2D eigenvalue weighted by molar-refractivity contribution is 6.52. The van der Waals surface area contributed by atoms with E-state index in [1.54, 1.807) is 12.1 Å². The van der Waals surface area contributed by atoms with Crippen LogP contribution in [0.5, 0.6) is 0 Å². The molecule has 0 saturated heterocycles. The van der Waals surface area contributed by atoms with Crippen molar-refractivity contribution in [1.82, 2.24) is 0 Å². The van der Waals surface area contributed by atoms with Gasteiger partial charge < -0.3 is 0 Å². The van der Waals surface area contributed by atoms with Crippen LogP contribution in [0.4, 0.5) is 5.69 Å². The topological polar surface area (TPSA) is 37.4 Å². The molecule has 0 spiro atoms. The molecule has 1 amide bonds. The summed E-state index contributed by atoms with van der Waals surface area (Å²) in [6.07, 6.45) is 0. The fourth-order valence-corrected chi connectivity index (χ4v) is 2.34. The molecule has 0 fully saturated rings. The van der Waals surface area contributed by atoms with E-state index in [-0.39, 0.29) is 6.54 Å². The summed E-state index contributed by atoms with van der Waals surface area (Å²) in [5.74, 6) is 4.79. The monoisotopic (exact) mass is 295 g/mol. The Bertz CT molecular complexity index is 787. The highest BCUT2D eigenvalue weighted by Crippen LogP contribution is 2.30. The Kier molecular flexibility index (Phi) is 3.47. The fraction of sp³-hybridized carbons (Fsp3) is 0.0588. The van der Waals surface area contributed by atoms with E-state index < -0.39 is 11.7 Å². The summed E-state index contributed by atoms with van der Waals surface area (Å²) in [6.45, 7) is 0.175. The number of carbonyl (C=O) groups is 2. The number of carbonyl (C=O) groups excluding carboxylic acids is 2. The number of rotatable bonds is 1. The van der Waals surface area contributed by atoms with Gasteiger partial charge in [0.05, 0.1) is 17.8 Å². The molecule has 0 radical (unpaired) electrons. The second-order valence-electron chi connectivity index (χ2n) is 4.55. The summed E-state index contributed by atoms with van der Waals surface area (Å²) in [5.41, 5.74) is 1.78. The highest BCUT2D eigenvalue weighted by atomic mass is 35.5. The zero-order valence-electron chi connectivity index (χ0n) is 11.0. The van der Waals surface area contributed by atoms with Crippen LogP contribution in [0.3, 0.4) is 0 Å². The van der Waals surface area contributed by atoms with E-state index in [1.165, 1.54) is 11.0 Å². The molecule has 0 bridgehead atoms. The number of benzene rings is 2. The first-order valence-corrected chi connectivity index (χ1v) is 6.74. The molecule has 2 aromatic rings. The Balaban J connectivity index is 1.86. The first-order chi connectivity index (χ1) is 10.2. The van der Waals surface area contributed by atoms with Crippen molar-refractivity contribution in [1.29, 1.82) is 0 Å². The van der Waals surface area contributed by atoms with Gasteiger partial charge in [-0.15, -0.1) is 0 Å². The van der Waals surface area contributed by atoms with Crippen molar-refractivity contribution in [2.24, 2.45) is 0 Å². The maximum absolute atomic E-state index is 12.0. The Hall–Kier alpha value is -2.57. The maximum atomic E-state index is 12.0. The van der Waals surface area contributed by atoms with Crippen molar-refractivity contribution in [2.45, 2.75) is 0 Å². The Labute approximate surface area is 127 Å². The number of amides is 1. The summed E-state index contributed by atoms with van der Waals surface area (Å²) in [4.78, 5) is 25.3. The third kappa shape index (κ3) is 2.54. The first kappa shape index (κ1) is 13.4. The zero-order valence-corrected chi connectivity index (χ0v) is 11.7. The Morgan fingerprint density at radius 2 is 1.81 bits per heavy atom. The van der Waals surface area contributed by atoms with Crippen LogP contribution in [0.25, 0.3) is 0 Å². The molecule has 0 aliphatic carbocycles. The average molecular weight is 296 g/mol. The first-order valence-electron chi connectivity index (χ1n) is 6.36. The lowest BCUT2D eigenvalue weighted by atomic mass is 10.1. The molecule has 21 heavy (non-hydrogen) atoms. The van der Waals surface area contributed by atoms with Crippen molar-refractivity contribution >= 4 is 29.0 Å². The highest BCUT2D eigenvalue weighted by Gasteiger charge is 2.35. The van der Waals surface area contributed by atoms with Crippen molar-refractivity contribution < 1.29 is 9.59 Å². The zero-order chi connectivity index (χ0) is 14.8. The molecular formula is C17H10ClNO2. The number of nitrogens with zero attached hydrogens (tertiary/aromatic N) is 1. The number of ketones is 1. The lowest BCUT2D eigenvalue weighted by molar-refractivity contribution is -0.114. The maximum Gasteiger partial charge on any atom is 0.300 e. The largest absolute Gasteiger partial charge is 0.300 e. The van der Waals surface area contributed by atoms with Gasteiger partial charge in [-0.2, -0.15) is 0 Å². The summed E-state index contributed by atoms with van der Waals surface area (Å²) in [7, 11) is 0. The molecule has 0 unspecified atom stereocenters. The molecule has 102 valence electrons. The number of fused-ring (bicyclic) bond motifs is 1. The molecule has 3 rings (SSSR count). The molecule has 3 nitrogen and oxygen atoms in total. The summed E-state index contributed by atoms with van der Waals surface area (Å²) in [5, 5.41) is 0.437. The third-order valence-corrected chi connectivity index (χ3v) is 3.41. The van der Waals surface area contributed by atoms with Crippen molar-refractivity contribution in [2.75, 3.05) is 11.4 Å². The van der Waals surface area contributed by atoms with E-state index in [2.05, 4.69) is 11.8 Å². The van der Waals surface area contributed by atoms with E-state index in [0.717, 1.165) is 5.56 Å². The predicted molar refractivity (Wildman–Crippen MR) is 81.5 cm³/mol. The van der Waals surface area contributed by atoms with Gasteiger partial charge in [0.15, 0.2) is 0 Å². The average Bonchev–Trinajstić information content (AvgIpc) is 2.73. The quantitative estimate of drug-likeness (QED) is 0.599. The van der Waals surface area contributed by atoms with Gasteiger partial charge in [-0.3, -0.25) is 14.5 Å². The van der Waals surface area contributed by atoms with Crippen LogP contribution >= 0.6 is 11.6 Å². The number of Topliss-reactive ketones (excluding diaryl/α,β-unsaturated/α-hetero) is 1. The molecule has 0 aromatic heterocycles. The Morgan fingerprint density at radius 1 is 1.05 bits per heavy atom. The van der Waals surface area contributed by atoms with Crippen molar-refractivity contribution in [3.63, 3.8) is 0 Å². The number of anilines is 1. The molecule has 1 aliphatic rings. The van der Waals surface area contributed by atoms with Gasteiger partial charge in [0.25, 0.3) is 11.7 Å². The van der Waals surface area contributed by atoms with Crippen molar-refractivity contribution in [3.05, 3.63) is 64.7 Å². The minimum atomic E-state index is -0.561. The van der Waals surface area contributed by atoms with Gasteiger partial charge in [-0.25, -0.2) is 0 Å². The second-order valence-corrected chi connectivity index (χ2v) is 4.99. The van der Waals surface area contributed by atoms with Gasteiger partial charge in [-0.1, -0.05) is 41.6 Å². The molecule has 1 aliphatic heterocycles. The number of hydrogen-bond acceptors (Lipinski definition) is 2. The van der Waals surface area contributed by atoms with Crippen LogP contribution < -0.4 is 4.90 Å². The normalized spacial score (nSPS) is 12.9. The molecule has 0 saturated carbocycles. The Morgan fingerprint density at radius 3 is 2.57 bits per heavy atom. The van der Waals surface area contributed by atoms with E-state index in [0.29, 0.717) is 16.3 Å². The van der Waals surface area contributed by atoms with Crippen LogP contribution in [0.15, 0.2) is 48.5 Å². The van der Waals surface area contributed by atoms with Gasteiger partial charge in [0, 0.05) is 10.6 Å². The molecule has 4 heteroatoms. The van der Waals surface area contributed by atoms with E-state index in [9.17, 15) is 9.59 Å². The van der Waals surface area contributed by atoms with Crippen LogP contribution in [0.1, 0.15) is 15.9 Å². The van der Waals surface area contributed by atoms with Gasteiger partial charge in [0.1, 0.15) is 0 Å². The van der Waals surface area contributed by atoms with E-state index in [4.69, 9.17) is 11.6 Å². The van der Waals surface area contributed by atoms with Crippen LogP contribution in [-0.2, 0) is 4.79 Å². The fourth-order valence-electron chi connectivity index (χ4n) is 2.17. The van der Waals surface area contributed by atoms with E-state index in [1.807, 2.05) is 30.3 Å². The van der Waals surface area contributed by atoms with Gasteiger partial charge in [0.2, 0.25) is 0 Å². The van der Waals surface area contributed by atoms with Gasteiger partial charge in [-0.05, 0) is 30.3 Å². The summed E-state index contributed by atoms with van der Waals surface area (Å²) >= 11 is 5.86. The molecular weight excluding hydrogens is 286 g/mol. The third-order valence-electron chi connectivity index (χ3n) is 3.18.